The number of nitrogens with zero attached hydrogens (tertiary/aromatic N) is 2. The number of likely N-dealkylation sites (tertiary alicyclic amines) is 1. The van der Waals surface area contributed by atoms with E-state index in [1.807, 2.05) is 34.6 Å². The highest BCUT2D eigenvalue weighted by atomic mass is 16.5. The van der Waals surface area contributed by atoms with Gasteiger partial charge in [0.05, 0.1) is 23.5 Å². The van der Waals surface area contributed by atoms with E-state index in [9.17, 15) is 19.5 Å². The van der Waals surface area contributed by atoms with Crippen LogP contribution in [0.15, 0.2) is 0 Å². The van der Waals surface area contributed by atoms with E-state index in [1.165, 1.54) is 0 Å². The van der Waals surface area contributed by atoms with Crippen LogP contribution >= 0.6 is 0 Å². The first-order valence-electron chi connectivity index (χ1n) is 9.50. The van der Waals surface area contributed by atoms with Gasteiger partial charge in [-0.25, -0.2) is 0 Å². The smallest absolute Gasteiger partial charge is 0.308 e. The average molecular weight is 368 g/mol. The van der Waals surface area contributed by atoms with Crippen molar-refractivity contribution in [3.8, 4) is 0 Å². The largest absolute Gasteiger partial charge is 0.481 e. The first kappa shape index (κ1) is 20.7. The number of piperidine rings is 1. The van der Waals surface area contributed by atoms with Gasteiger partial charge >= 0.3 is 5.97 Å². The molecule has 0 bridgehead atoms. The highest BCUT2D eigenvalue weighted by molar-refractivity contribution is 5.84. The molecule has 0 aromatic carbocycles. The summed E-state index contributed by atoms with van der Waals surface area (Å²) in [6.07, 6.45) is 0.745. The van der Waals surface area contributed by atoms with Crippen LogP contribution in [0.1, 0.15) is 47.5 Å². The van der Waals surface area contributed by atoms with Crippen LogP contribution in [0.3, 0.4) is 0 Å². The Bertz CT molecular complexity index is 560. The Morgan fingerprint density at radius 2 is 1.77 bits per heavy atom. The van der Waals surface area contributed by atoms with Gasteiger partial charge in [-0.1, -0.05) is 13.8 Å². The number of ether oxygens (including phenoxy) is 1. The van der Waals surface area contributed by atoms with E-state index in [0.29, 0.717) is 32.5 Å². The van der Waals surface area contributed by atoms with E-state index in [2.05, 4.69) is 0 Å². The first-order chi connectivity index (χ1) is 12.0. The van der Waals surface area contributed by atoms with E-state index < -0.39 is 23.4 Å². The number of amides is 2. The predicted molar refractivity (Wildman–Crippen MR) is 96.5 cm³/mol. The quantitative estimate of drug-likeness (QED) is 0.815. The molecule has 2 saturated heterocycles. The zero-order valence-electron chi connectivity index (χ0n) is 16.5. The van der Waals surface area contributed by atoms with Crippen LogP contribution in [-0.4, -0.2) is 71.1 Å². The van der Waals surface area contributed by atoms with Gasteiger partial charge in [0.1, 0.15) is 0 Å². The number of carboxylic acid groups (broad SMARTS) is 1. The Morgan fingerprint density at radius 1 is 1.12 bits per heavy atom. The molecule has 148 valence electrons. The standard InChI is InChI=1S/C19H32N2O5/c1-12(2)16(22)21-9-13(3)26-15(11-21)19(4,5)18(25)20-8-6-7-14(10-20)17(23)24/h12-15H,6-11H2,1-5H3,(H,23,24)/t13-,14-,15-/m1/s1. The molecule has 0 aromatic heterocycles. The summed E-state index contributed by atoms with van der Waals surface area (Å²) < 4.78 is 6.04. The van der Waals surface area contributed by atoms with Gasteiger partial charge in [-0.05, 0) is 33.6 Å². The van der Waals surface area contributed by atoms with Crippen LogP contribution in [-0.2, 0) is 19.1 Å². The molecule has 2 heterocycles. The van der Waals surface area contributed by atoms with E-state index in [0.717, 1.165) is 0 Å². The van der Waals surface area contributed by atoms with Gasteiger partial charge in [-0.2, -0.15) is 0 Å². The van der Waals surface area contributed by atoms with Gasteiger partial charge in [0, 0.05) is 32.1 Å². The van der Waals surface area contributed by atoms with Crippen LogP contribution in [0, 0.1) is 17.3 Å². The third-order valence-electron chi connectivity index (χ3n) is 5.48. The molecule has 0 aromatic rings. The minimum absolute atomic E-state index is 0.0670. The maximum absolute atomic E-state index is 13.2. The second-order valence-electron chi connectivity index (χ2n) is 8.48. The normalized spacial score (nSPS) is 27.5. The molecule has 3 atom stereocenters. The summed E-state index contributed by atoms with van der Waals surface area (Å²) in [5.74, 6) is -1.49. The number of hydrogen-bond donors (Lipinski definition) is 1. The minimum Gasteiger partial charge on any atom is -0.481 e. The van der Waals surface area contributed by atoms with Gasteiger partial charge < -0.3 is 19.6 Å². The molecule has 0 unspecified atom stereocenters. The lowest BCUT2D eigenvalue weighted by Crippen LogP contribution is -2.59. The average Bonchev–Trinajstić information content (AvgIpc) is 2.59. The van der Waals surface area contributed by atoms with Crippen molar-refractivity contribution < 1.29 is 24.2 Å². The fourth-order valence-corrected chi connectivity index (χ4v) is 3.80. The number of rotatable bonds is 4. The molecule has 2 fully saturated rings. The van der Waals surface area contributed by atoms with Crippen LogP contribution in [0.5, 0.6) is 0 Å². The van der Waals surface area contributed by atoms with Gasteiger partial charge in [0.2, 0.25) is 11.8 Å². The molecule has 26 heavy (non-hydrogen) atoms. The maximum atomic E-state index is 13.2. The third kappa shape index (κ3) is 4.37. The highest BCUT2D eigenvalue weighted by Gasteiger charge is 2.45. The number of morpholine rings is 1. The highest BCUT2D eigenvalue weighted by Crippen LogP contribution is 2.32. The van der Waals surface area contributed by atoms with Crippen LogP contribution in [0.25, 0.3) is 0 Å². The molecule has 0 radical (unpaired) electrons. The van der Waals surface area contributed by atoms with Crippen molar-refractivity contribution >= 4 is 17.8 Å². The van der Waals surface area contributed by atoms with Crippen molar-refractivity contribution in [3.05, 3.63) is 0 Å². The van der Waals surface area contributed by atoms with E-state index in [-0.39, 0.29) is 30.4 Å². The Labute approximate surface area is 155 Å². The summed E-state index contributed by atoms with van der Waals surface area (Å²) in [5, 5.41) is 9.27. The number of carbonyl (C=O) groups is 3. The number of aliphatic carboxylic acids is 1. The van der Waals surface area contributed by atoms with Crippen LogP contribution in [0.4, 0.5) is 0 Å². The number of hydrogen-bond acceptors (Lipinski definition) is 4. The van der Waals surface area contributed by atoms with Crippen molar-refractivity contribution in [1.82, 2.24) is 9.80 Å². The van der Waals surface area contributed by atoms with Gasteiger partial charge in [-0.3, -0.25) is 14.4 Å². The SMILES string of the molecule is CC(C)C(=O)N1C[C@@H](C)O[C@@H](C(C)(C)C(=O)N2CCC[C@@H](C(=O)O)C2)C1. The first-order valence-corrected chi connectivity index (χ1v) is 9.50. The maximum Gasteiger partial charge on any atom is 0.308 e. The molecule has 2 rings (SSSR count). The van der Waals surface area contributed by atoms with E-state index >= 15 is 0 Å². The van der Waals surface area contributed by atoms with Crippen molar-refractivity contribution in [2.45, 2.75) is 59.7 Å². The van der Waals surface area contributed by atoms with Gasteiger partial charge in [-0.15, -0.1) is 0 Å². The van der Waals surface area contributed by atoms with Crippen molar-refractivity contribution in [2.75, 3.05) is 26.2 Å². The Kier molecular flexibility index (Phi) is 6.32. The lowest BCUT2D eigenvalue weighted by Gasteiger charge is -2.45. The van der Waals surface area contributed by atoms with Crippen molar-refractivity contribution in [3.63, 3.8) is 0 Å². The zero-order chi connectivity index (χ0) is 19.6. The molecule has 2 aliphatic heterocycles. The van der Waals surface area contributed by atoms with E-state index in [1.54, 1.807) is 9.80 Å². The Morgan fingerprint density at radius 3 is 2.35 bits per heavy atom. The molecule has 7 nitrogen and oxygen atoms in total. The molecule has 7 heteroatoms. The predicted octanol–water partition coefficient (Wildman–Crippen LogP) is 1.61. The van der Waals surface area contributed by atoms with Crippen molar-refractivity contribution in [2.24, 2.45) is 17.3 Å². The van der Waals surface area contributed by atoms with E-state index in [4.69, 9.17) is 4.74 Å². The van der Waals surface area contributed by atoms with Crippen LogP contribution in [0.2, 0.25) is 0 Å². The second kappa shape index (κ2) is 7.94. The van der Waals surface area contributed by atoms with Crippen molar-refractivity contribution in [1.29, 1.82) is 0 Å². The molecular formula is C19H32N2O5. The minimum atomic E-state index is -0.850. The third-order valence-corrected chi connectivity index (χ3v) is 5.48. The molecule has 0 spiro atoms. The molecule has 2 amide bonds. The summed E-state index contributed by atoms with van der Waals surface area (Å²) in [4.78, 5) is 40.3. The number of carboxylic acids is 1. The lowest BCUT2D eigenvalue weighted by molar-refractivity contribution is -0.172. The summed E-state index contributed by atoms with van der Waals surface area (Å²) in [7, 11) is 0. The molecule has 2 aliphatic rings. The van der Waals surface area contributed by atoms with Gasteiger partial charge in [0.15, 0.2) is 0 Å². The second-order valence-corrected chi connectivity index (χ2v) is 8.48. The van der Waals surface area contributed by atoms with Gasteiger partial charge in [0.25, 0.3) is 0 Å². The zero-order valence-corrected chi connectivity index (χ0v) is 16.5. The number of carbonyl (C=O) groups excluding carboxylic acids is 2. The Balaban J connectivity index is 2.12. The topological polar surface area (TPSA) is 87.2 Å². The molecule has 0 saturated carbocycles. The summed E-state index contributed by atoms with van der Waals surface area (Å²) in [6, 6.07) is 0. The Hall–Kier alpha value is -1.63. The fraction of sp³-hybridized carbons (Fsp3) is 0.842. The lowest BCUT2D eigenvalue weighted by atomic mass is 9.82. The summed E-state index contributed by atoms with van der Waals surface area (Å²) >= 11 is 0. The molecular weight excluding hydrogens is 336 g/mol. The molecule has 0 aliphatic carbocycles. The summed E-state index contributed by atoms with van der Waals surface area (Å²) in [5.41, 5.74) is -0.829. The summed E-state index contributed by atoms with van der Waals surface area (Å²) in [6.45, 7) is 11.0. The molecule has 1 N–H and O–H groups in total. The fourth-order valence-electron chi connectivity index (χ4n) is 3.80. The van der Waals surface area contributed by atoms with Crippen LogP contribution < -0.4 is 0 Å². The monoisotopic (exact) mass is 368 g/mol.